The third-order valence-corrected chi connectivity index (χ3v) is 4.12. The molecule has 1 aromatic rings. The lowest BCUT2D eigenvalue weighted by molar-refractivity contribution is -0.120. The van der Waals surface area contributed by atoms with E-state index in [1.165, 1.54) is 5.56 Å². The van der Waals surface area contributed by atoms with Crippen LogP contribution in [0.5, 0.6) is 0 Å². The molecule has 1 saturated heterocycles. The van der Waals surface area contributed by atoms with E-state index in [9.17, 15) is 4.79 Å². The molecule has 1 aliphatic heterocycles. The molecule has 24 heavy (non-hydrogen) atoms. The van der Waals surface area contributed by atoms with Crippen molar-refractivity contribution >= 4 is 11.9 Å². The van der Waals surface area contributed by atoms with Crippen LogP contribution in [0.4, 0.5) is 0 Å². The van der Waals surface area contributed by atoms with Crippen molar-refractivity contribution in [2.24, 2.45) is 10.9 Å². The Morgan fingerprint density at radius 2 is 2.12 bits per heavy atom. The zero-order chi connectivity index (χ0) is 17.2. The highest BCUT2D eigenvalue weighted by molar-refractivity contribution is 5.86. The van der Waals surface area contributed by atoms with Crippen molar-refractivity contribution in [2.75, 3.05) is 46.9 Å². The molecule has 0 aliphatic carbocycles. The molecule has 0 saturated carbocycles. The Kier molecular flexibility index (Phi) is 7.55. The van der Waals surface area contributed by atoms with E-state index in [1.807, 2.05) is 25.2 Å². The molecule has 6 nitrogen and oxygen atoms in total. The Labute approximate surface area is 144 Å². The average molecular weight is 332 g/mol. The maximum atomic E-state index is 12.0. The molecule has 1 aromatic carbocycles. The highest BCUT2D eigenvalue weighted by Crippen LogP contribution is 2.13. The van der Waals surface area contributed by atoms with Crippen LogP contribution in [0.15, 0.2) is 35.3 Å². The summed E-state index contributed by atoms with van der Waals surface area (Å²) >= 11 is 0. The normalized spacial score (nSPS) is 17.6. The number of ether oxygens (including phenoxy) is 1. The van der Waals surface area contributed by atoms with Gasteiger partial charge in [-0.2, -0.15) is 0 Å². The van der Waals surface area contributed by atoms with Gasteiger partial charge in [0.25, 0.3) is 0 Å². The summed E-state index contributed by atoms with van der Waals surface area (Å²) in [4.78, 5) is 18.2. The first-order valence-electron chi connectivity index (χ1n) is 8.49. The lowest BCUT2D eigenvalue weighted by Gasteiger charge is -2.24. The third-order valence-electron chi connectivity index (χ3n) is 4.12. The number of amides is 1. The van der Waals surface area contributed by atoms with Crippen LogP contribution < -0.4 is 10.6 Å². The molecule has 2 rings (SSSR count). The maximum absolute atomic E-state index is 12.0. The lowest BCUT2D eigenvalue weighted by Crippen LogP contribution is -2.45. The molecule has 6 heteroatoms. The summed E-state index contributed by atoms with van der Waals surface area (Å²) in [6.45, 7) is 3.40. The summed E-state index contributed by atoms with van der Waals surface area (Å²) in [5, 5.41) is 6.04. The van der Waals surface area contributed by atoms with E-state index < -0.39 is 0 Å². The molecule has 1 fully saturated rings. The lowest BCUT2D eigenvalue weighted by atomic mass is 10.1. The van der Waals surface area contributed by atoms with Crippen molar-refractivity contribution in [3.63, 3.8) is 0 Å². The number of hydrogen-bond donors (Lipinski definition) is 2. The van der Waals surface area contributed by atoms with Gasteiger partial charge < -0.3 is 20.3 Å². The predicted molar refractivity (Wildman–Crippen MR) is 96.1 cm³/mol. The van der Waals surface area contributed by atoms with Gasteiger partial charge in [-0.25, -0.2) is 0 Å². The van der Waals surface area contributed by atoms with Gasteiger partial charge in [0.2, 0.25) is 5.91 Å². The summed E-state index contributed by atoms with van der Waals surface area (Å²) < 4.78 is 5.40. The fraction of sp³-hybridized carbons (Fsp3) is 0.556. The van der Waals surface area contributed by atoms with Gasteiger partial charge in [-0.05, 0) is 18.4 Å². The Bertz CT molecular complexity index is 527. The van der Waals surface area contributed by atoms with Gasteiger partial charge in [-0.15, -0.1) is 0 Å². The Morgan fingerprint density at radius 3 is 2.79 bits per heavy atom. The minimum absolute atomic E-state index is 0.0234. The molecular weight excluding hydrogens is 304 g/mol. The number of benzene rings is 1. The van der Waals surface area contributed by atoms with Crippen molar-refractivity contribution in [3.8, 4) is 0 Å². The van der Waals surface area contributed by atoms with Gasteiger partial charge in [0, 0.05) is 39.7 Å². The molecule has 1 unspecified atom stereocenters. The molecular formula is C18H28N4O2. The first-order chi connectivity index (χ1) is 11.7. The first kappa shape index (κ1) is 18.3. The Balaban J connectivity index is 1.65. The summed E-state index contributed by atoms with van der Waals surface area (Å²) in [7, 11) is 3.72. The van der Waals surface area contributed by atoms with E-state index in [0.29, 0.717) is 12.5 Å². The molecule has 1 atom stereocenters. The molecule has 1 aliphatic rings. The molecule has 0 aromatic heterocycles. The second-order valence-corrected chi connectivity index (χ2v) is 6.10. The second-order valence-electron chi connectivity index (χ2n) is 6.10. The van der Waals surface area contributed by atoms with Gasteiger partial charge in [0.05, 0.1) is 13.2 Å². The number of carbonyl (C=O) groups excluding carboxylic acids is 1. The van der Waals surface area contributed by atoms with Gasteiger partial charge in [0.15, 0.2) is 5.96 Å². The largest absolute Gasteiger partial charge is 0.381 e. The topological polar surface area (TPSA) is 66.0 Å². The summed E-state index contributed by atoms with van der Waals surface area (Å²) in [5.41, 5.74) is 1.22. The van der Waals surface area contributed by atoms with E-state index in [0.717, 1.165) is 38.6 Å². The van der Waals surface area contributed by atoms with Gasteiger partial charge >= 0.3 is 0 Å². The standard InChI is InChI=1S/C18H28N4O2/c1-19-18(22(2)13-16-9-11-24-14-16)21-12-17(23)20-10-8-15-6-4-3-5-7-15/h3-7,16H,8-14H2,1-2H3,(H,19,21)(H,20,23). The summed E-state index contributed by atoms with van der Waals surface area (Å²) in [6, 6.07) is 10.1. The number of nitrogens with one attached hydrogen (secondary N) is 2. The van der Waals surface area contributed by atoms with E-state index in [-0.39, 0.29) is 12.5 Å². The Hall–Kier alpha value is -2.08. The fourth-order valence-electron chi connectivity index (χ4n) is 2.80. The van der Waals surface area contributed by atoms with E-state index in [4.69, 9.17) is 4.74 Å². The molecule has 0 radical (unpaired) electrons. The van der Waals surface area contributed by atoms with Crippen LogP contribution >= 0.6 is 0 Å². The number of aliphatic imine (C=N–C) groups is 1. The van der Waals surface area contributed by atoms with E-state index in [2.05, 4.69) is 32.7 Å². The van der Waals surface area contributed by atoms with Gasteiger partial charge in [-0.1, -0.05) is 30.3 Å². The summed E-state index contributed by atoms with van der Waals surface area (Å²) in [6.07, 6.45) is 1.92. The zero-order valence-corrected chi connectivity index (χ0v) is 14.6. The number of guanidine groups is 1. The molecule has 0 bridgehead atoms. The van der Waals surface area contributed by atoms with Crippen LogP contribution in [0.3, 0.4) is 0 Å². The monoisotopic (exact) mass is 332 g/mol. The van der Waals surface area contributed by atoms with Crippen LogP contribution in [0.25, 0.3) is 0 Å². The zero-order valence-electron chi connectivity index (χ0n) is 14.6. The van der Waals surface area contributed by atoms with Crippen LogP contribution in [0.1, 0.15) is 12.0 Å². The van der Waals surface area contributed by atoms with Crippen LogP contribution in [-0.2, 0) is 16.0 Å². The number of nitrogens with zero attached hydrogens (tertiary/aromatic N) is 2. The van der Waals surface area contributed by atoms with Crippen LogP contribution in [-0.4, -0.2) is 63.7 Å². The van der Waals surface area contributed by atoms with Gasteiger partial charge in [-0.3, -0.25) is 9.79 Å². The minimum atomic E-state index is -0.0234. The second kappa shape index (κ2) is 9.93. The van der Waals surface area contributed by atoms with Crippen LogP contribution in [0.2, 0.25) is 0 Å². The van der Waals surface area contributed by atoms with Gasteiger partial charge in [0.1, 0.15) is 0 Å². The first-order valence-corrected chi connectivity index (χ1v) is 8.49. The SMILES string of the molecule is CN=C(NCC(=O)NCCc1ccccc1)N(C)CC1CCOC1. The number of rotatable bonds is 7. The highest BCUT2D eigenvalue weighted by atomic mass is 16.5. The van der Waals surface area contributed by atoms with Crippen molar-refractivity contribution < 1.29 is 9.53 Å². The molecule has 1 heterocycles. The predicted octanol–water partition coefficient (Wildman–Crippen LogP) is 0.889. The number of hydrogen-bond acceptors (Lipinski definition) is 3. The van der Waals surface area contributed by atoms with Crippen molar-refractivity contribution in [2.45, 2.75) is 12.8 Å². The Morgan fingerprint density at radius 1 is 1.33 bits per heavy atom. The third kappa shape index (κ3) is 6.20. The summed E-state index contributed by atoms with van der Waals surface area (Å²) in [5.74, 6) is 1.25. The molecule has 0 spiro atoms. The maximum Gasteiger partial charge on any atom is 0.239 e. The minimum Gasteiger partial charge on any atom is -0.381 e. The molecule has 132 valence electrons. The van der Waals surface area contributed by atoms with Crippen molar-refractivity contribution in [1.29, 1.82) is 0 Å². The van der Waals surface area contributed by atoms with Crippen molar-refractivity contribution in [1.82, 2.24) is 15.5 Å². The molecule has 1 amide bonds. The van der Waals surface area contributed by atoms with E-state index >= 15 is 0 Å². The van der Waals surface area contributed by atoms with E-state index in [1.54, 1.807) is 7.05 Å². The number of carbonyl (C=O) groups is 1. The average Bonchev–Trinajstić information content (AvgIpc) is 3.09. The smallest absolute Gasteiger partial charge is 0.239 e. The fourth-order valence-corrected chi connectivity index (χ4v) is 2.80. The van der Waals surface area contributed by atoms with Crippen molar-refractivity contribution in [3.05, 3.63) is 35.9 Å². The van der Waals surface area contributed by atoms with Crippen LogP contribution in [0, 0.1) is 5.92 Å². The highest BCUT2D eigenvalue weighted by Gasteiger charge is 2.19. The molecule has 2 N–H and O–H groups in total. The quantitative estimate of drug-likeness (QED) is 0.575.